The van der Waals surface area contributed by atoms with Crippen molar-refractivity contribution in [3.05, 3.63) is 40.6 Å². The highest BCUT2D eigenvalue weighted by Crippen LogP contribution is 2.36. The van der Waals surface area contributed by atoms with Crippen LogP contribution in [0.4, 0.5) is 8.78 Å². The van der Waals surface area contributed by atoms with E-state index >= 15 is 0 Å². The molecule has 0 atom stereocenters. The number of amides is 1. The Labute approximate surface area is 168 Å². The second-order valence-electron chi connectivity index (χ2n) is 7.63. The normalized spacial score (nSPS) is 17.5. The molecule has 1 aromatic heterocycles. The molecule has 1 fully saturated rings. The van der Waals surface area contributed by atoms with E-state index in [-0.39, 0.29) is 17.5 Å². The zero-order valence-electron chi connectivity index (χ0n) is 16.7. The standard InChI is InChI=1S/C21H25F2N3O3/c1-13-3-4-16(11-17(13)20(22)23)29-21-18-12-25(14(2)27)8-5-19(18)26(24-21)15-6-9-28-10-7-15/h3-4,11,15,20H,5-10,12H2,1-2H3. The summed E-state index contributed by atoms with van der Waals surface area (Å²) in [6, 6.07) is 4.88. The summed E-state index contributed by atoms with van der Waals surface area (Å²) >= 11 is 0. The van der Waals surface area contributed by atoms with Gasteiger partial charge < -0.3 is 14.4 Å². The molecule has 4 rings (SSSR count). The van der Waals surface area contributed by atoms with Crippen molar-refractivity contribution in [2.45, 2.75) is 52.1 Å². The largest absolute Gasteiger partial charge is 0.437 e. The molecule has 6 nitrogen and oxygen atoms in total. The predicted molar refractivity (Wildman–Crippen MR) is 102 cm³/mol. The smallest absolute Gasteiger partial charge is 0.264 e. The lowest BCUT2D eigenvalue weighted by Crippen LogP contribution is -2.35. The topological polar surface area (TPSA) is 56.6 Å². The number of halogens is 2. The summed E-state index contributed by atoms with van der Waals surface area (Å²) in [4.78, 5) is 13.7. The highest BCUT2D eigenvalue weighted by Gasteiger charge is 2.30. The first-order valence-electron chi connectivity index (χ1n) is 9.94. The lowest BCUT2D eigenvalue weighted by Gasteiger charge is -2.29. The van der Waals surface area contributed by atoms with Crippen LogP contribution >= 0.6 is 0 Å². The van der Waals surface area contributed by atoms with Crippen LogP contribution < -0.4 is 4.74 Å². The van der Waals surface area contributed by atoms with Gasteiger partial charge in [0.25, 0.3) is 6.43 Å². The van der Waals surface area contributed by atoms with E-state index in [4.69, 9.17) is 14.6 Å². The summed E-state index contributed by atoms with van der Waals surface area (Å²) in [6.45, 7) is 5.62. The summed E-state index contributed by atoms with van der Waals surface area (Å²) in [5.74, 6) is 0.711. The van der Waals surface area contributed by atoms with Gasteiger partial charge in [-0.05, 0) is 37.5 Å². The third-order valence-corrected chi connectivity index (χ3v) is 5.73. The molecule has 0 aliphatic carbocycles. The van der Waals surface area contributed by atoms with Crippen molar-refractivity contribution in [3.63, 3.8) is 0 Å². The molecule has 3 heterocycles. The number of fused-ring (bicyclic) bond motifs is 1. The van der Waals surface area contributed by atoms with E-state index < -0.39 is 6.43 Å². The van der Waals surface area contributed by atoms with Gasteiger partial charge >= 0.3 is 0 Å². The van der Waals surface area contributed by atoms with Gasteiger partial charge in [-0.15, -0.1) is 5.10 Å². The third kappa shape index (κ3) is 3.99. The van der Waals surface area contributed by atoms with Gasteiger partial charge in [0, 0.05) is 44.4 Å². The van der Waals surface area contributed by atoms with Crippen molar-refractivity contribution in [2.75, 3.05) is 19.8 Å². The number of carbonyl (C=O) groups excluding carboxylic acids is 1. The Balaban J connectivity index is 1.70. The van der Waals surface area contributed by atoms with Gasteiger partial charge in [-0.1, -0.05) is 6.07 Å². The fourth-order valence-corrected chi connectivity index (χ4v) is 4.03. The first-order valence-corrected chi connectivity index (χ1v) is 9.94. The lowest BCUT2D eigenvalue weighted by molar-refractivity contribution is -0.129. The fraction of sp³-hybridized carbons (Fsp3) is 0.524. The minimum Gasteiger partial charge on any atom is -0.437 e. The molecule has 0 bridgehead atoms. The van der Waals surface area contributed by atoms with Gasteiger partial charge in [-0.3, -0.25) is 9.48 Å². The maximum Gasteiger partial charge on any atom is 0.264 e. The van der Waals surface area contributed by atoms with Crippen LogP contribution in [0.2, 0.25) is 0 Å². The number of benzene rings is 1. The van der Waals surface area contributed by atoms with E-state index in [2.05, 4.69) is 0 Å². The summed E-state index contributed by atoms with van der Waals surface area (Å²) in [5, 5.41) is 4.71. The second kappa shape index (κ2) is 8.10. The molecule has 0 saturated carbocycles. The van der Waals surface area contributed by atoms with Gasteiger partial charge in [-0.25, -0.2) is 8.78 Å². The first-order chi connectivity index (χ1) is 13.9. The number of carbonyl (C=O) groups is 1. The minimum atomic E-state index is -2.57. The van der Waals surface area contributed by atoms with Crippen LogP contribution in [0.3, 0.4) is 0 Å². The molecule has 29 heavy (non-hydrogen) atoms. The van der Waals surface area contributed by atoms with Crippen LogP contribution in [-0.4, -0.2) is 40.3 Å². The van der Waals surface area contributed by atoms with Crippen LogP contribution in [0.15, 0.2) is 18.2 Å². The van der Waals surface area contributed by atoms with Crippen molar-refractivity contribution in [1.29, 1.82) is 0 Å². The molecule has 1 saturated heterocycles. The molecule has 156 valence electrons. The van der Waals surface area contributed by atoms with Crippen LogP contribution in [-0.2, 0) is 22.5 Å². The van der Waals surface area contributed by atoms with E-state index in [0.717, 1.165) is 24.1 Å². The molecular formula is C21H25F2N3O3. The van der Waals surface area contributed by atoms with Crippen LogP contribution in [0, 0.1) is 6.92 Å². The number of alkyl halides is 2. The molecule has 0 N–H and O–H groups in total. The zero-order chi connectivity index (χ0) is 20.5. The van der Waals surface area contributed by atoms with E-state index in [1.54, 1.807) is 30.9 Å². The molecule has 8 heteroatoms. The lowest BCUT2D eigenvalue weighted by atomic mass is 10.0. The summed E-state index contributed by atoms with van der Waals surface area (Å²) in [6.07, 6.45) is -0.145. The van der Waals surface area contributed by atoms with Gasteiger partial charge in [-0.2, -0.15) is 0 Å². The Hall–Kier alpha value is -2.48. The maximum absolute atomic E-state index is 13.3. The maximum atomic E-state index is 13.3. The first kappa shape index (κ1) is 19.8. The molecule has 0 radical (unpaired) electrons. The number of hydrogen-bond acceptors (Lipinski definition) is 4. The molecule has 2 aliphatic heterocycles. The van der Waals surface area contributed by atoms with Gasteiger partial charge in [0.15, 0.2) is 0 Å². The van der Waals surface area contributed by atoms with Crippen molar-refractivity contribution in [1.82, 2.24) is 14.7 Å². The predicted octanol–water partition coefficient (Wildman–Crippen LogP) is 4.18. The number of ether oxygens (including phenoxy) is 2. The van der Waals surface area contributed by atoms with Gasteiger partial charge in [0.05, 0.1) is 18.2 Å². The monoisotopic (exact) mass is 405 g/mol. The van der Waals surface area contributed by atoms with E-state index in [0.29, 0.717) is 49.9 Å². The molecule has 0 spiro atoms. The van der Waals surface area contributed by atoms with Gasteiger partial charge in [0.1, 0.15) is 5.75 Å². The second-order valence-corrected chi connectivity index (χ2v) is 7.63. The SMILES string of the molecule is CC(=O)N1CCc2c(c(Oc3ccc(C)c(C(F)F)c3)nn2C2CCOCC2)C1. The van der Waals surface area contributed by atoms with E-state index in [1.165, 1.54) is 6.07 Å². The average Bonchev–Trinajstić information content (AvgIpc) is 3.07. The fourth-order valence-electron chi connectivity index (χ4n) is 4.03. The van der Waals surface area contributed by atoms with Crippen molar-refractivity contribution in [3.8, 4) is 11.6 Å². The number of aryl methyl sites for hydroxylation is 1. The number of nitrogens with zero attached hydrogens (tertiary/aromatic N) is 3. The van der Waals surface area contributed by atoms with Crippen LogP contribution in [0.25, 0.3) is 0 Å². The van der Waals surface area contributed by atoms with Crippen LogP contribution in [0.5, 0.6) is 11.6 Å². The van der Waals surface area contributed by atoms with E-state index in [1.807, 2.05) is 4.68 Å². The summed E-state index contributed by atoms with van der Waals surface area (Å²) in [5.41, 5.74) is 2.39. The van der Waals surface area contributed by atoms with Crippen LogP contribution in [0.1, 0.15) is 54.6 Å². The minimum absolute atomic E-state index is 0.00395. The number of hydrogen-bond donors (Lipinski definition) is 0. The number of rotatable bonds is 4. The molecule has 0 unspecified atom stereocenters. The highest BCUT2D eigenvalue weighted by atomic mass is 19.3. The van der Waals surface area contributed by atoms with Crippen molar-refractivity contribution >= 4 is 5.91 Å². The molecule has 1 aromatic carbocycles. The molecule has 2 aromatic rings. The van der Waals surface area contributed by atoms with Crippen molar-refractivity contribution in [2.24, 2.45) is 0 Å². The van der Waals surface area contributed by atoms with Crippen molar-refractivity contribution < 1.29 is 23.0 Å². The Morgan fingerprint density at radius 2 is 2.07 bits per heavy atom. The Morgan fingerprint density at radius 1 is 1.31 bits per heavy atom. The molecule has 1 amide bonds. The summed E-state index contributed by atoms with van der Waals surface area (Å²) < 4.78 is 40.0. The number of aromatic nitrogens is 2. The Bertz CT molecular complexity index is 907. The van der Waals surface area contributed by atoms with E-state index in [9.17, 15) is 13.6 Å². The Morgan fingerprint density at radius 3 is 2.76 bits per heavy atom. The van der Waals surface area contributed by atoms with Gasteiger partial charge in [0.2, 0.25) is 11.8 Å². The highest BCUT2D eigenvalue weighted by molar-refractivity contribution is 5.73. The quantitative estimate of drug-likeness (QED) is 0.766. The molecular weight excluding hydrogens is 380 g/mol. The Kier molecular flexibility index (Phi) is 5.54. The zero-order valence-corrected chi connectivity index (χ0v) is 16.7. The third-order valence-electron chi connectivity index (χ3n) is 5.73. The molecule has 2 aliphatic rings. The average molecular weight is 405 g/mol. The summed E-state index contributed by atoms with van der Waals surface area (Å²) in [7, 11) is 0.